The Morgan fingerprint density at radius 2 is 1.83 bits per heavy atom. The van der Waals surface area contributed by atoms with Crippen LogP contribution >= 0.6 is 0 Å². The van der Waals surface area contributed by atoms with E-state index in [1.165, 1.54) is 5.56 Å². The lowest BCUT2D eigenvalue weighted by atomic mass is 10.1. The summed E-state index contributed by atoms with van der Waals surface area (Å²) in [6, 6.07) is 14.0. The first kappa shape index (κ1) is 17.1. The van der Waals surface area contributed by atoms with Gasteiger partial charge in [-0.3, -0.25) is 4.79 Å². The van der Waals surface area contributed by atoms with Crippen molar-refractivity contribution >= 4 is 5.91 Å². The summed E-state index contributed by atoms with van der Waals surface area (Å²) in [5.41, 5.74) is 4.13. The maximum Gasteiger partial charge on any atom is 0.251 e. The molecule has 0 spiro atoms. The maximum absolute atomic E-state index is 12.2. The molecule has 2 aromatic rings. The van der Waals surface area contributed by atoms with Crippen molar-refractivity contribution in [2.45, 2.75) is 33.6 Å². The first-order valence-electron chi connectivity index (χ1n) is 8.17. The number of benzene rings is 2. The topological polar surface area (TPSA) is 38.3 Å². The van der Waals surface area contributed by atoms with Crippen LogP contribution in [0.5, 0.6) is 5.75 Å². The van der Waals surface area contributed by atoms with Crippen molar-refractivity contribution in [1.29, 1.82) is 0 Å². The van der Waals surface area contributed by atoms with Crippen LogP contribution in [-0.2, 0) is 6.42 Å². The van der Waals surface area contributed by atoms with E-state index in [1.54, 1.807) is 0 Å². The Bertz CT molecular complexity index is 647. The van der Waals surface area contributed by atoms with E-state index >= 15 is 0 Å². The number of carbonyl (C=O) groups is 1. The van der Waals surface area contributed by atoms with Gasteiger partial charge in [0.1, 0.15) is 12.4 Å². The van der Waals surface area contributed by atoms with Crippen molar-refractivity contribution in [3.05, 3.63) is 64.7 Å². The smallest absolute Gasteiger partial charge is 0.251 e. The van der Waals surface area contributed by atoms with Crippen LogP contribution in [0.15, 0.2) is 42.5 Å². The molecule has 2 rings (SSSR count). The molecule has 2 aromatic carbocycles. The van der Waals surface area contributed by atoms with Gasteiger partial charge < -0.3 is 10.1 Å². The highest BCUT2D eigenvalue weighted by Gasteiger charge is 2.08. The summed E-state index contributed by atoms with van der Waals surface area (Å²) in [4.78, 5) is 12.2. The molecule has 3 nitrogen and oxygen atoms in total. The number of hydrogen-bond acceptors (Lipinski definition) is 2. The predicted octanol–water partition coefficient (Wildman–Crippen LogP) is 4.06. The average molecular weight is 311 g/mol. The van der Waals surface area contributed by atoms with E-state index in [9.17, 15) is 4.79 Å². The molecule has 0 fully saturated rings. The summed E-state index contributed by atoms with van der Waals surface area (Å²) in [6.45, 7) is 7.06. The molecule has 0 saturated carbocycles. The Kier molecular flexibility index (Phi) is 6.21. The van der Waals surface area contributed by atoms with Crippen LogP contribution < -0.4 is 10.1 Å². The number of nitrogens with one attached hydrogen (secondary N) is 1. The van der Waals surface area contributed by atoms with Crippen LogP contribution in [0.4, 0.5) is 0 Å². The summed E-state index contributed by atoms with van der Waals surface area (Å²) in [5.74, 6) is 0.791. The molecule has 0 bridgehead atoms. The van der Waals surface area contributed by atoms with E-state index in [4.69, 9.17) is 4.74 Å². The van der Waals surface area contributed by atoms with E-state index in [0.717, 1.165) is 35.3 Å². The predicted molar refractivity (Wildman–Crippen MR) is 94.2 cm³/mol. The standard InChI is InChI=1S/C20H25NO2/c1-4-5-17-8-10-18(11-9-17)23-13-12-21-20(22)19-14-15(2)6-7-16(19)3/h6-11,14H,4-5,12-13H2,1-3H3,(H,21,22). The van der Waals surface area contributed by atoms with Crippen molar-refractivity contribution in [2.75, 3.05) is 13.2 Å². The van der Waals surface area contributed by atoms with E-state index in [1.807, 2.05) is 44.2 Å². The normalized spacial score (nSPS) is 10.4. The number of hydrogen-bond donors (Lipinski definition) is 1. The molecule has 0 atom stereocenters. The largest absolute Gasteiger partial charge is 0.492 e. The third-order valence-corrected chi connectivity index (χ3v) is 3.76. The van der Waals surface area contributed by atoms with Crippen LogP contribution in [-0.4, -0.2) is 19.1 Å². The molecule has 23 heavy (non-hydrogen) atoms. The maximum atomic E-state index is 12.2. The fourth-order valence-corrected chi connectivity index (χ4v) is 2.45. The van der Waals surface area contributed by atoms with E-state index < -0.39 is 0 Å². The molecular formula is C20H25NO2. The fraction of sp³-hybridized carbons (Fsp3) is 0.350. The van der Waals surface area contributed by atoms with Gasteiger partial charge in [0.25, 0.3) is 5.91 Å². The lowest BCUT2D eigenvalue weighted by Crippen LogP contribution is -2.28. The Morgan fingerprint density at radius 3 is 2.52 bits per heavy atom. The summed E-state index contributed by atoms with van der Waals surface area (Å²) in [6.07, 6.45) is 2.23. The summed E-state index contributed by atoms with van der Waals surface area (Å²) in [5, 5.41) is 2.90. The molecule has 122 valence electrons. The van der Waals surface area contributed by atoms with Gasteiger partial charge in [-0.2, -0.15) is 0 Å². The van der Waals surface area contributed by atoms with Gasteiger partial charge in [-0.15, -0.1) is 0 Å². The van der Waals surface area contributed by atoms with Gasteiger partial charge in [0, 0.05) is 5.56 Å². The van der Waals surface area contributed by atoms with Gasteiger partial charge in [-0.1, -0.05) is 43.2 Å². The number of amides is 1. The number of carbonyl (C=O) groups excluding carboxylic acids is 1. The summed E-state index contributed by atoms with van der Waals surface area (Å²) >= 11 is 0. The minimum atomic E-state index is -0.0481. The van der Waals surface area contributed by atoms with E-state index in [0.29, 0.717) is 13.2 Å². The SMILES string of the molecule is CCCc1ccc(OCCNC(=O)c2cc(C)ccc2C)cc1. The van der Waals surface area contributed by atoms with Crippen LogP contribution in [0.25, 0.3) is 0 Å². The average Bonchev–Trinajstić information content (AvgIpc) is 2.55. The van der Waals surface area contributed by atoms with Gasteiger partial charge in [0.15, 0.2) is 0 Å². The van der Waals surface area contributed by atoms with Crippen molar-refractivity contribution in [1.82, 2.24) is 5.32 Å². The Morgan fingerprint density at radius 1 is 1.09 bits per heavy atom. The van der Waals surface area contributed by atoms with Crippen LogP contribution in [0.3, 0.4) is 0 Å². The Balaban J connectivity index is 1.78. The van der Waals surface area contributed by atoms with E-state index in [-0.39, 0.29) is 5.91 Å². The molecule has 0 saturated heterocycles. The van der Waals surface area contributed by atoms with Gasteiger partial charge >= 0.3 is 0 Å². The third-order valence-electron chi connectivity index (χ3n) is 3.76. The summed E-state index contributed by atoms with van der Waals surface area (Å²) < 4.78 is 5.66. The van der Waals surface area contributed by atoms with Crippen LogP contribution in [0.1, 0.15) is 40.4 Å². The highest BCUT2D eigenvalue weighted by molar-refractivity contribution is 5.95. The monoisotopic (exact) mass is 311 g/mol. The molecule has 0 aliphatic heterocycles. The van der Waals surface area contributed by atoms with Crippen molar-refractivity contribution in [3.63, 3.8) is 0 Å². The highest BCUT2D eigenvalue weighted by atomic mass is 16.5. The van der Waals surface area contributed by atoms with Crippen LogP contribution in [0.2, 0.25) is 0 Å². The number of aryl methyl sites for hydroxylation is 3. The van der Waals surface area contributed by atoms with E-state index in [2.05, 4.69) is 24.4 Å². The molecule has 0 aliphatic carbocycles. The van der Waals surface area contributed by atoms with Gasteiger partial charge in [0.2, 0.25) is 0 Å². The lowest BCUT2D eigenvalue weighted by molar-refractivity contribution is 0.0946. The first-order valence-corrected chi connectivity index (χ1v) is 8.17. The molecule has 0 radical (unpaired) electrons. The van der Waals surface area contributed by atoms with Crippen LogP contribution in [0, 0.1) is 13.8 Å². The second-order valence-corrected chi connectivity index (χ2v) is 5.82. The molecule has 0 unspecified atom stereocenters. The minimum Gasteiger partial charge on any atom is -0.492 e. The number of ether oxygens (including phenoxy) is 1. The van der Waals surface area contributed by atoms with Gasteiger partial charge in [0.05, 0.1) is 6.54 Å². The van der Waals surface area contributed by atoms with Crippen molar-refractivity contribution in [2.24, 2.45) is 0 Å². The Labute approximate surface area is 138 Å². The fourth-order valence-electron chi connectivity index (χ4n) is 2.45. The lowest BCUT2D eigenvalue weighted by Gasteiger charge is -2.10. The molecule has 0 aliphatic rings. The molecule has 3 heteroatoms. The zero-order valence-electron chi connectivity index (χ0n) is 14.2. The second kappa shape index (κ2) is 8.37. The first-order chi connectivity index (χ1) is 11.1. The zero-order chi connectivity index (χ0) is 16.7. The van der Waals surface area contributed by atoms with Crippen molar-refractivity contribution < 1.29 is 9.53 Å². The third kappa shape index (κ3) is 5.13. The van der Waals surface area contributed by atoms with Gasteiger partial charge in [-0.05, 0) is 49.6 Å². The highest BCUT2D eigenvalue weighted by Crippen LogP contribution is 2.13. The molecule has 0 heterocycles. The summed E-state index contributed by atoms with van der Waals surface area (Å²) in [7, 11) is 0. The molecule has 1 amide bonds. The zero-order valence-corrected chi connectivity index (χ0v) is 14.2. The van der Waals surface area contributed by atoms with Gasteiger partial charge in [-0.25, -0.2) is 0 Å². The number of rotatable bonds is 7. The molecular weight excluding hydrogens is 286 g/mol. The van der Waals surface area contributed by atoms with Crippen molar-refractivity contribution in [3.8, 4) is 5.75 Å². The Hall–Kier alpha value is -2.29. The molecule has 0 aromatic heterocycles. The minimum absolute atomic E-state index is 0.0481. The second-order valence-electron chi connectivity index (χ2n) is 5.82. The quantitative estimate of drug-likeness (QED) is 0.783. The molecule has 1 N–H and O–H groups in total.